The van der Waals surface area contributed by atoms with Gasteiger partial charge in [0.15, 0.2) is 5.78 Å². The summed E-state index contributed by atoms with van der Waals surface area (Å²) in [5, 5.41) is 0.394. The van der Waals surface area contributed by atoms with Crippen molar-refractivity contribution >= 4 is 39.2 Å². The third-order valence-electron chi connectivity index (χ3n) is 7.02. The Bertz CT molecular complexity index is 1690. The van der Waals surface area contributed by atoms with E-state index in [4.69, 9.17) is 16.3 Å². The van der Waals surface area contributed by atoms with Crippen LogP contribution in [0.25, 0.3) is 5.69 Å². The Balaban J connectivity index is 1.48. The molecule has 0 saturated heterocycles. The molecule has 12 heteroatoms. The van der Waals surface area contributed by atoms with Crippen molar-refractivity contribution < 1.29 is 27.8 Å². The highest BCUT2D eigenvalue weighted by Crippen LogP contribution is 2.27. The number of carbonyl (C=O) groups excluding carboxylic acids is 2. The van der Waals surface area contributed by atoms with Crippen LogP contribution in [-0.4, -0.2) is 46.0 Å². The summed E-state index contributed by atoms with van der Waals surface area (Å²) in [5.41, 5.74) is 1.85. The summed E-state index contributed by atoms with van der Waals surface area (Å²) in [7, 11) is 1.53. The van der Waals surface area contributed by atoms with E-state index in [1.807, 2.05) is 0 Å². The zero-order valence-corrected chi connectivity index (χ0v) is 24.7. The average molecular weight is 661 g/mol. The van der Waals surface area contributed by atoms with Gasteiger partial charge in [0.1, 0.15) is 17.2 Å². The van der Waals surface area contributed by atoms with Crippen LogP contribution in [0.4, 0.5) is 8.78 Å². The Morgan fingerprint density at radius 2 is 1.69 bits per heavy atom. The van der Waals surface area contributed by atoms with Gasteiger partial charge in [-0.05, 0) is 82.5 Å². The maximum absolute atomic E-state index is 13.8. The van der Waals surface area contributed by atoms with E-state index in [1.165, 1.54) is 28.4 Å². The molecule has 5 rings (SSSR count). The van der Waals surface area contributed by atoms with E-state index in [2.05, 4.69) is 20.7 Å². The second-order valence-corrected chi connectivity index (χ2v) is 10.8. The lowest BCUT2D eigenvalue weighted by molar-refractivity contribution is -0.0498. The molecule has 1 aliphatic heterocycles. The summed E-state index contributed by atoms with van der Waals surface area (Å²) in [6.07, 6.45) is 0.340. The maximum Gasteiger partial charge on any atom is 0.387 e. The molecule has 0 unspecified atom stereocenters. The number of ketones is 1. The molecule has 42 heavy (non-hydrogen) atoms. The van der Waals surface area contributed by atoms with Crippen LogP contribution in [0.1, 0.15) is 38.5 Å². The number of nitrogens with zero attached hydrogens (tertiary/aromatic N) is 3. The SMILES string of the molecule is COc1ccc(-n2c(C(=O)CCc3ccc(OC(F)F)cc3)c3n(c2=O)CCN(C(=O)c2ccc(Br)c(Cl)c2)C3)cc1. The number of benzene rings is 3. The molecule has 1 aromatic heterocycles. The average Bonchev–Trinajstić information content (AvgIpc) is 3.28. The first-order valence-corrected chi connectivity index (χ1v) is 14.1. The van der Waals surface area contributed by atoms with Gasteiger partial charge in [0.2, 0.25) is 0 Å². The minimum atomic E-state index is -2.93. The second kappa shape index (κ2) is 12.5. The van der Waals surface area contributed by atoms with Crippen LogP contribution in [0.5, 0.6) is 11.5 Å². The number of amides is 1. The molecule has 0 fully saturated rings. The van der Waals surface area contributed by atoms with Crippen LogP contribution in [-0.2, 0) is 19.5 Å². The Kier molecular flexibility index (Phi) is 8.79. The van der Waals surface area contributed by atoms with Gasteiger partial charge < -0.3 is 14.4 Å². The number of aromatic nitrogens is 2. The van der Waals surface area contributed by atoms with E-state index in [0.717, 1.165) is 5.56 Å². The van der Waals surface area contributed by atoms with Gasteiger partial charge in [-0.1, -0.05) is 23.7 Å². The van der Waals surface area contributed by atoms with Gasteiger partial charge in [0.05, 0.1) is 30.1 Å². The quantitative estimate of drug-likeness (QED) is 0.202. The lowest BCUT2D eigenvalue weighted by Gasteiger charge is -2.28. The third-order valence-corrected chi connectivity index (χ3v) is 8.25. The van der Waals surface area contributed by atoms with E-state index in [-0.39, 0.29) is 54.9 Å². The van der Waals surface area contributed by atoms with Gasteiger partial charge in [0.25, 0.3) is 5.91 Å². The van der Waals surface area contributed by atoms with Crippen LogP contribution >= 0.6 is 27.5 Å². The molecule has 0 radical (unpaired) electrons. The topological polar surface area (TPSA) is 82.8 Å². The molecule has 4 aromatic rings. The number of carbonyl (C=O) groups is 2. The number of methoxy groups -OCH3 is 1. The largest absolute Gasteiger partial charge is 0.497 e. The number of imidazole rings is 1. The van der Waals surface area contributed by atoms with Crippen molar-refractivity contribution in [1.29, 1.82) is 0 Å². The number of fused-ring (bicyclic) bond motifs is 1. The van der Waals surface area contributed by atoms with Crippen LogP contribution < -0.4 is 15.2 Å². The molecule has 0 saturated carbocycles. The molecular formula is C30H25BrClF2N3O5. The molecule has 218 valence electrons. The van der Waals surface area contributed by atoms with Crippen LogP contribution in [0.2, 0.25) is 5.02 Å². The minimum absolute atomic E-state index is 0.0201. The van der Waals surface area contributed by atoms with E-state index < -0.39 is 6.61 Å². The molecule has 0 aliphatic carbocycles. The molecule has 1 amide bonds. The van der Waals surface area contributed by atoms with E-state index in [9.17, 15) is 23.2 Å². The highest BCUT2D eigenvalue weighted by atomic mass is 79.9. The van der Waals surface area contributed by atoms with E-state index >= 15 is 0 Å². The van der Waals surface area contributed by atoms with Crippen molar-refractivity contribution in [3.05, 3.63) is 109 Å². The molecule has 0 atom stereocenters. The van der Waals surface area contributed by atoms with Crippen molar-refractivity contribution in [2.45, 2.75) is 32.5 Å². The second-order valence-electron chi connectivity index (χ2n) is 9.56. The first-order valence-electron chi connectivity index (χ1n) is 13.0. The van der Waals surface area contributed by atoms with Crippen molar-refractivity contribution in [1.82, 2.24) is 14.0 Å². The first-order chi connectivity index (χ1) is 20.2. The number of rotatable bonds is 9. The fourth-order valence-electron chi connectivity index (χ4n) is 4.92. The lowest BCUT2D eigenvalue weighted by Crippen LogP contribution is -2.41. The fraction of sp³-hybridized carbons (Fsp3) is 0.233. The van der Waals surface area contributed by atoms with Crippen LogP contribution in [0.3, 0.4) is 0 Å². The highest BCUT2D eigenvalue weighted by molar-refractivity contribution is 9.10. The normalized spacial score (nSPS) is 12.8. The fourth-order valence-corrected chi connectivity index (χ4v) is 5.34. The van der Waals surface area contributed by atoms with Crippen molar-refractivity contribution in [2.24, 2.45) is 0 Å². The van der Waals surface area contributed by atoms with Gasteiger partial charge >= 0.3 is 12.3 Å². The van der Waals surface area contributed by atoms with Crippen molar-refractivity contribution in [2.75, 3.05) is 13.7 Å². The van der Waals surface area contributed by atoms with Crippen molar-refractivity contribution in [3.8, 4) is 17.2 Å². The number of hydrogen-bond acceptors (Lipinski definition) is 5. The first kappa shape index (κ1) is 29.5. The van der Waals surface area contributed by atoms with E-state index in [0.29, 0.717) is 38.6 Å². The number of aryl methyl sites for hydroxylation is 1. The molecule has 1 aliphatic rings. The van der Waals surface area contributed by atoms with Gasteiger partial charge in [-0.15, -0.1) is 0 Å². The summed E-state index contributed by atoms with van der Waals surface area (Å²) in [4.78, 5) is 42.5. The predicted molar refractivity (Wildman–Crippen MR) is 156 cm³/mol. The number of ether oxygens (including phenoxy) is 2. The number of alkyl halides is 2. The van der Waals surface area contributed by atoms with Gasteiger partial charge in [0, 0.05) is 29.5 Å². The summed E-state index contributed by atoms with van der Waals surface area (Å²) in [6, 6.07) is 17.8. The Labute approximate surface area is 253 Å². The molecule has 8 nitrogen and oxygen atoms in total. The van der Waals surface area contributed by atoms with Crippen LogP contribution in [0, 0.1) is 0 Å². The molecule has 2 heterocycles. The standard InChI is InChI=1S/C30H25BrClF2N3O5/c1-41-21-10-6-20(7-11-21)37-27(26(38)13-4-18-2-8-22(9-3-18)42-29(33)34)25-17-35(14-15-36(25)30(37)40)28(39)19-5-12-23(31)24(32)16-19/h2-3,5-12,16,29H,4,13-15,17H2,1H3. The zero-order valence-electron chi connectivity index (χ0n) is 22.4. The van der Waals surface area contributed by atoms with Gasteiger partial charge in [-0.2, -0.15) is 8.78 Å². The van der Waals surface area contributed by atoms with Crippen LogP contribution in [0.15, 0.2) is 76.0 Å². The van der Waals surface area contributed by atoms with Gasteiger partial charge in [-0.25, -0.2) is 4.79 Å². The van der Waals surface area contributed by atoms with E-state index in [1.54, 1.807) is 59.5 Å². The van der Waals surface area contributed by atoms with Gasteiger partial charge in [-0.3, -0.25) is 18.7 Å². The Hall–Kier alpha value is -3.96. The number of hydrogen-bond donors (Lipinski definition) is 0. The minimum Gasteiger partial charge on any atom is -0.497 e. The maximum atomic E-state index is 13.8. The summed E-state index contributed by atoms with van der Waals surface area (Å²) in [5.74, 6) is 0.0370. The molecule has 0 spiro atoms. The smallest absolute Gasteiger partial charge is 0.387 e. The monoisotopic (exact) mass is 659 g/mol. The summed E-state index contributed by atoms with van der Waals surface area (Å²) < 4.78 is 38.2. The molecular weight excluding hydrogens is 636 g/mol. The number of halogens is 4. The lowest BCUT2D eigenvalue weighted by atomic mass is 10.0. The summed E-state index contributed by atoms with van der Waals surface area (Å²) in [6.45, 7) is -2.40. The molecule has 0 bridgehead atoms. The predicted octanol–water partition coefficient (Wildman–Crippen LogP) is 6.14. The highest BCUT2D eigenvalue weighted by Gasteiger charge is 2.32. The Morgan fingerprint density at radius 1 is 1.00 bits per heavy atom. The number of Topliss-reactive ketones (excluding diaryl/α,β-unsaturated/α-hetero) is 1. The molecule has 3 aromatic carbocycles. The zero-order chi connectivity index (χ0) is 30.0. The van der Waals surface area contributed by atoms with Crippen molar-refractivity contribution in [3.63, 3.8) is 0 Å². The Morgan fingerprint density at radius 3 is 2.33 bits per heavy atom. The third kappa shape index (κ3) is 6.12. The molecule has 0 N–H and O–H groups in total. The summed E-state index contributed by atoms with van der Waals surface area (Å²) >= 11 is 9.54.